The van der Waals surface area contributed by atoms with Crippen molar-refractivity contribution in [2.45, 2.75) is 38.7 Å². The van der Waals surface area contributed by atoms with Crippen LogP contribution in [0.15, 0.2) is 54.6 Å². The molecule has 160 valence electrons. The van der Waals surface area contributed by atoms with Crippen molar-refractivity contribution in [2.24, 2.45) is 5.73 Å². The van der Waals surface area contributed by atoms with Crippen molar-refractivity contribution in [2.75, 3.05) is 26.9 Å². The van der Waals surface area contributed by atoms with Gasteiger partial charge in [-0.1, -0.05) is 55.0 Å². The molecule has 1 aliphatic heterocycles. The van der Waals surface area contributed by atoms with Crippen LogP contribution in [0.3, 0.4) is 0 Å². The van der Waals surface area contributed by atoms with E-state index in [2.05, 4.69) is 30.3 Å². The van der Waals surface area contributed by atoms with Crippen LogP contribution in [0, 0.1) is 0 Å². The summed E-state index contributed by atoms with van der Waals surface area (Å²) in [5, 5.41) is 0. The van der Waals surface area contributed by atoms with E-state index in [0.29, 0.717) is 26.3 Å². The number of hydrogen-bond acceptors (Lipinski definition) is 5. The number of benzene rings is 2. The van der Waals surface area contributed by atoms with E-state index >= 15 is 0 Å². The van der Waals surface area contributed by atoms with E-state index in [4.69, 9.17) is 15.2 Å². The first kappa shape index (κ1) is 22.1. The Hall–Kier alpha value is -2.63. The van der Waals surface area contributed by atoms with Crippen LogP contribution in [0.1, 0.15) is 48.8 Å². The number of esters is 1. The van der Waals surface area contributed by atoms with Gasteiger partial charge in [-0.2, -0.15) is 0 Å². The first-order chi connectivity index (χ1) is 14.7. The molecule has 2 aromatic carbocycles. The number of nitrogens with zero attached hydrogens (tertiary/aromatic N) is 1. The van der Waals surface area contributed by atoms with E-state index in [9.17, 15) is 4.79 Å². The van der Waals surface area contributed by atoms with E-state index in [1.165, 1.54) is 16.7 Å². The van der Waals surface area contributed by atoms with Gasteiger partial charge in [0, 0.05) is 18.5 Å². The zero-order valence-electron chi connectivity index (χ0n) is 17.8. The second-order valence-corrected chi connectivity index (χ2v) is 7.67. The van der Waals surface area contributed by atoms with Crippen molar-refractivity contribution in [1.29, 1.82) is 0 Å². The van der Waals surface area contributed by atoms with Crippen LogP contribution in [0.4, 0.5) is 0 Å². The highest BCUT2D eigenvalue weighted by Crippen LogP contribution is 2.36. The van der Waals surface area contributed by atoms with Crippen molar-refractivity contribution in [3.8, 4) is 5.75 Å². The summed E-state index contributed by atoms with van der Waals surface area (Å²) < 4.78 is 11.4. The lowest BCUT2D eigenvalue weighted by molar-refractivity contribution is -0.148. The van der Waals surface area contributed by atoms with Gasteiger partial charge in [0.25, 0.3) is 0 Å². The van der Waals surface area contributed by atoms with E-state index in [1.807, 2.05) is 36.2 Å². The zero-order valence-corrected chi connectivity index (χ0v) is 17.8. The average Bonchev–Trinajstić information content (AvgIpc) is 2.93. The molecule has 0 fully saturated rings. The molecule has 0 radical (unpaired) electrons. The molecular formula is C25H32N2O3. The summed E-state index contributed by atoms with van der Waals surface area (Å²) >= 11 is 0. The number of nitrogens with two attached hydrogens (primary N) is 1. The maximum absolute atomic E-state index is 11.8. The largest absolute Gasteiger partial charge is 0.488 e. The van der Waals surface area contributed by atoms with Crippen LogP contribution >= 0.6 is 0 Å². The van der Waals surface area contributed by atoms with Gasteiger partial charge in [-0.25, -0.2) is 0 Å². The summed E-state index contributed by atoms with van der Waals surface area (Å²) in [6.45, 7) is 2.37. The minimum absolute atomic E-state index is 0.138. The number of hydrogen-bond donors (Lipinski definition) is 1. The van der Waals surface area contributed by atoms with Crippen molar-refractivity contribution in [3.63, 3.8) is 0 Å². The van der Waals surface area contributed by atoms with Gasteiger partial charge in [0.05, 0.1) is 0 Å². The SMILES string of the molecule is CN(CC/C=C1\c2ccccc2COc2ccccc21)COC(=O)CCCCCN. The molecule has 0 bridgehead atoms. The van der Waals surface area contributed by atoms with Crippen LogP contribution in [0.5, 0.6) is 5.75 Å². The Bertz CT molecular complexity index is 813. The second kappa shape index (κ2) is 11.5. The van der Waals surface area contributed by atoms with Gasteiger partial charge in [0.15, 0.2) is 0 Å². The fraction of sp³-hybridized carbons (Fsp3) is 0.400. The molecule has 0 saturated heterocycles. The first-order valence-corrected chi connectivity index (χ1v) is 10.7. The Kier molecular flexibility index (Phi) is 8.48. The maximum Gasteiger partial charge on any atom is 0.307 e. The molecule has 3 rings (SSSR count). The molecule has 0 amide bonds. The molecule has 0 spiro atoms. The highest BCUT2D eigenvalue weighted by Gasteiger charge is 2.18. The summed E-state index contributed by atoms with van der Waals surface area (Å²) in [7, 11) is 1.97. The molecule has 5 nitrogen and oxygen atoms in total. The van der Waals surface area contributed by atoms with Gasteiger partial charge < -0.3 is 15.2 Å². The third-order valence-corrected chi connectivity index (χ3v) is 5.26. The quantitative estimate of drug-likeness (QED) is 0.360. The van der Waals surface area contributed by atoms with Gasteiger partial charge in [-0.15, -0.1) is 0 Å². The summed E-state index contributed by atoms with van der Waals surface area (Å²) in [6, 6.07) is 16.6. The number of ether oxygens (including phenoxy) is 2. The molecule has 2 aromatic rings. The van der Waals surface area contributed by atoms with Crippen LogP contribution < -0.4 is 10.5 Å². The molecule has 0 saturated carbocycles. The predicted octanol–water partition coefficient (Wildman–Crippen LogP) is 4.35. The Labute approximate surface area is 179 Å². The van der Waals surface area contributed by atoms with Gasteiger partial charge in [0.2, 0.25) is 0 Å². The van der Waals surface area contributed by atoms with E-state index in [0.717, 1.165) is 43.5 Å². The molecule has 1 aliphatic rings. The highest BCUT2D eigenvalue weighted by atomic mass is 16.5. The van der Waals surface area contributed by atoms with Crippen LogP contribution in [-0.2, 0) is 16.1 Å². The topological polar surface area (TPSA) is 64.8 Å². The molecule has 0 aliphatic carbocycles. The van der Waals surface area contributed by atoms with Crippen LogP contribution in [0.2, 0.25) is 0 Å². The summed E-state index contributed by atoms with van der Waals surface area (Å²) in [5.41, 5.74) is 10.2. The third-order valence-electron chi connectivity index (χ3n) is 5.26. The molecule has 30 heavy (non-hydrogen) atoms. The zero-order chi connectivity index (χ0) is 21.2. The monoisotopic (exact) mass is 408 g/mol. The summed E-state index contributed by atoms with van der Waals surface area (Å²) in [4.78, 5) is 13.9. The number of para-hydroxylation sites is 1. The number of fused-ring (bicyclic) bond motifs is 2. The van der Waals surface area contributed by atoms with Gasteiger partial charge in [-0.05, 0) is 55.6 Å². The van der Waals surface area contributed by atoms with Crippen molar-refractivity contribution in [1.82, 2.24) is 4.90 Å². The van der Waals surface area contributed by atoms with E-state index < -0.39 is 0 Å². The van der Waals surface area contributed by atoms with Crippen molar-refractivity contribution >= 4 is 11.5 Å². The van der Waals surface area contributed by atoms with Crippen LogP contribution in [0.25, 0.3) is 5.57 Å². The first-order valence-electron chi connectivity index (χ1n) is 10.7. The molecule has 0 aromatic heterocycles. The van der Waals surface area contributed by atoms with Gasteiger partial charge in [-0.3, -0.25) is 9.69 Å². The summed E-state index contributed by atoms with van der Waals surface area (Å²) in [6.07, 6.45) is 6.35. The smallest absolute Gasteiger partial charge is 0.307 e. The minimum atomic E-state index is -0.138. The molecule has 5 heteroatoms. The average molecular weight is 409 g/mol. The predicted molar refractivity (Wildman–Crippen MR) is 120 cm³/mol. The normalized spacial score (nSPS) is 14.0. The fourth-order valence-electron chi connectivity index (χ4n) is 3.58. The van der Waals surface area contributed by atoms with Gasteiger partial charge >= 0.3 is 5.97 Å². The molecule has 0 unspecified atom stereocenters. The Balaban J connectivity index is 1.57. The molecule has 0 atom stereocenters. The molecule has 2 N–H and O–H groups in total. The van der Waals surface area contributed by atoms with Crippen molar-refractivity contribution in [3.05, 3.63) is 71.3 Å². The van der Waals surface area contributed by atoms with Crippen LogP contribution in [-0.4, -0.2) is 37.7 Å². The summed E-state index contributed by atoms with van der Waals surface area (Å²) in [5.74, 6) is 0.776. The van der Waals surface area contributed by atoms with Gasteiger partial charge in [0.1, 0.15) is 19.1 Å². The van der Waals surface area contributed by atoms with E-state index in [-0.39, 0.29) is 5.97 Å². The Morgan fingerprint density at radius 2 is 1.87 bits per heavy atom. The Morgan fingerprint density at radius 1 is 1.10 bits per heavy atom. The lowest BCUT2D eigenvalue weighted by Crippen LogP contribution is -2.24. The fourth-order valence-corrected chi connectivity index (χ4v) is 3.58. The minimum Gasteiger partial charge on any atom is -0.488 e. The number of unbranched alkanes of at least 4 members (excludes halogenated alkanes) is 2. The maximum atomic E-state index is 11.8. The standard InChI is InChI=1S/C25H32N2O3/c1-27(19-30-25(28)15-3-2-8-16-26)17-9-13-22-21-11-5-4-10-20(21)18-29-24-14-7-6-12-23(22)24/h4-7,10-14H,2-3,8-9,15-19,26H2,1H3/b22-13+. The highest BCUT2D eigenvalue weighted by molar-refractivity contribution is 5.84. The number of rotatable bonds is 10. The molecule has 1 heterocycles. The lowest BCUT2D eigenvalue weighted by Gasteiger charge is -2.16. The number of carbonyl (C=O) groups is 1. The second-order valence-electron chi connectivity index (χ2n) is 7.67. The van der Waals surface area contributed by atoms with E-state index in [1.54, 1.807) is 0 Å². The van der Waals surface area contributed by atoms with Crippen molar-refractivity contribution < 1.29 is 14.3 Å². The lowest BCUT2D eigenvalue weighted by atomic mass is 9.93. The third kappa shape index (κ3) is 6.18. The molecular weight excluding hydrogens is 376 g/mol. The Morgan fingerprint density at radius 3 is 2.70 bits per heavy atom. The number of carbonyl (C=O) groups excluding carboxylic acids is 1.